The predicted octanol–water partition coefficient (Wildman–Crippen LogP) is 2.85. The van der Waals surface area contributed by atoms with Gasteiger partial charge in [-0.2, -0.15) is 0 Å². The van der Waals surface area contributed by atoms with Crippen LogP contribution in [0, 0.1) is 39.9 Å². The Kier molecular flexibility index (Phi) is 2.22. The molecule has 1 heterocycles. The van der Waals surface area contributed by atoms with E-state index in [2.05, 4.69) is 25.5 Å². The first-order valence-electron chi connectivity index (χ1n) is 9.74. The van der Waals surface area contributed by atoms with Crippen molar-refractivity contribution in [3.05, 3.63) is 12.2 Å². The molecule has 0 aromatic heterocycles. The minimum absolute atomic E-state index is 0.0491. The van der Waals surface area contributed by atoms with Crippen LogP contribution in [0.15, 0.2) is 12.2 Å². The SMILES string of the molecule is C=C1C[C@@]23CC(=O)[C@@H]4[C@@]5(C)CC(=O)C[C@@]46[C@@H]2C[C@@H]1C[C@@H]3[C@H]6N(C)C5. The van der Waals surface area contributed by atoms with Crippen LogP contribution >= 0.6 is 0 Å². The van der Waals surface area contributed by atoms with Gasteiger partial charge in [-0.05, 0) is 54.9 Å². The van der Waals surface area contributed by atoms with Crippen LogP contribution in [0.1, 0.15) is 45.4 Å². The van der Waals surface area contributed by atoms with Crippen LogP contribution in [-0.4, -0.2) is 36.1 Å². The van der Waals surface area contributed by atoms with Crippen molar-refractivity contribution in [1.82, 2.24) is 4.90 Å². The Morgan fingerprint density at radius 2 is 1.92 bits per heavy atom. The van der Waals surface area contributed by atoms with Gasteiger partial charge in [0.25, 0.3) is 0 Å². The van der Waals surface area contributed by atoms with Crippen LogP contribution in [0.25, 0.3) is 0 Å². The van der Waals surface area contributed by atoms with E-state index >= 15 is 0 Å². The molecule has 6 saturated carbocycles. The normalized spacial score (nSPS) is 60.8. The highest BCUT2D eigenvalue weighted by Gasteiger charge is 2.81. The zero-order valence-corrected chi connectivity index (χ0v) is 14.8. The van der Waals surface area contributed by atoms with Gasteiger partial charge in [0.15, 0.2) is 0 Å². The maximum Gasteiger partial charge on any atom is 0.137 e. The number of fused-ring (bicyclic) bond motifs is 1. The molecule has 1 saturated heterocycles. The molecule has 7 rings (SSSR count). The number of allylic oxidation sites excluding steroid dienone is 1. The van der Waals surface area contributed by atoms with Crippen LogP contribution < -0.4 is 0 Å². The molecule has 0 amide bonds. The zero-order valence-electron chi connectivity index (χ0n) is 14.8. The lowest BCUT2D eigenvalue weighted by Gasteiger charge is -2.65. The number of likely N-dealkylation sites (tertiary alicyclic amines) is 1. The lowest BCUT2D eigenvalue weighted by Crippen LogP contribution is -2.69. The molecule has 0 unspecified atom stereocenters. The van der Waals surface area contributed by atoms with Crippen molar-refractivity contribution >= 4 is 11.6 Å². The molecular formula is C21H27NO2. The Bertz CT molecular complexity index is 727. The number of carbonyl (C=O) groups is 2. The van der Waals surface area contributed by atoms with Crippen molar-refractivity contribution in [2.75, 3.05) is 13.6 Å². The molecule has 1 aliphatic heterocycles. The Balaban J connectivity index is 1.66. The monoisotopic (exact) mass is 325 g/mol. The molecule has 3 heteroatoms. The first-order chi connectivity index (χ1) is 11.3. The fraction of sp³-hybridized carbons (Fsp3) is 0.810. The van der Waals surface area contributed by atoms with E-state index in [0.717, 1.165) is 19.4 Å². The van der Waals surface area contributed by atoms with Crippen LogP contribution in [-0.2, 0) is 9.59 Å². The van der Waals surface area contributed by atoms with Crippen LogP contribution in [0.5, 0.6) is 0 Å². The third kappa shape index (κ3) is 1.20. The van der Waals surface area contributed by atoms with Gasteiger partial charge in [0.05, 0.1) is 0 Å². The minimum Gasteiger partial charge on any atom is -0.302 e. The highest BCUT2D eigenvalue weighted by atomic mass is 16.1. The van der Waals surface area contributed by atoms with Crippen molar-refractivity contribution < 1.29 is 9.59 Å². The van der Waals surface area contributed by atoms with Crippen LogP contribution in [0.2, 0.25) is 0 Å². The van der Waals surface area contributed by atoms with E-state index in [0.29, 0.717) is 48.2 Å². The highest BCUT2D eigenvalue weighted by molar-refractivity contribution is 5.92. The third-order valence-corrected chi connectivity index (χ3v) is 9.45. The van der Waals surface area contributed by atoms with Crippen molar-refractivity contribution in [3.8, 4) is 0 Å². The minimum atomic E-state index is -0.132. The summed E-state index contributed by atoms with van der Waals surface area (Å²) >= 11 is 0. The van der Waals surface area contributed by atoms with E-state index in [-0.39, 0.29) is 22.2 Å². The molecule has 6 aliphatic carbocycles. The summed E-state index contributed by atoms with van der Waals surface area (Å²) in [6, 6.07) is 0.453. The molecule has 0 aromatic carbocycles. The maximum atomic E-state index is 13.5. The number of hydrogen-bond donors (Lipinski definition) is 0. The lowest BCUT2D eigenvalue weighted by atomic mass is 9.39. The van der Waals surface area contributed by atoms with Gasteiger partial charge in [-0.15, -0.1) is 0 Å². The average molecular weight is 325 g/mol. The fourth-order valence-electron chi connectivity index (χ4n) is 9.62. The number of carbonyl (C=O) groups excluding carboxylic acids is 2. The van der Waals surface area contributed by atoms with E-state index in [4.69, 9.17) is 0 Å². The second-order valence-electron chi connectivity index (χ2n) is 10.5. The van der Waals surface area contributed by atoms with Crippen LogP contribution in [0.3, 0.4) is 0 Å². The van der Waals surface area contributed by atoms with Crippen molar-refractivity contribution in [3.63, 3.8) is 0 Å². The number of hydrogen-bond acceptors (Lipinski definition) is 3. The zero-order chi connectivity index (χ0) is 16.6. The highest BCUT2D eigenvalue weighted by Crippen LogP contribution is 2.81. The summed E-state index contributed by atoms with van der Waals surface area (Å²) in [6.45, 7) is 7.54. The molecule has 128 valence electrons. The van der Waals surface area contributed by atoms with Gasteiger partial charge in [-0.3, -0.25) is 9.59 Å². The number of ketones is 2. The molecule has 3 nitrogen and oxygen atoms in total. The lowest BCUT2D eigenvalue weighted by molar-refractivity contribution is -0.186. The topological polar surface area (TPSA) is 37.4 Å². The standard InChI is InChI=1S/C21H27NO2/c1-11-6-20-9-15(24)17-19(2)7-13(23)8-21(17)16(20)5-12(11)4-14(20)18(21)22(3)10-19/h12,14,16-18H,1,4-10H2,2-3H3/t12-,14+,16+,17+,18+,19-,20-,21+/m0/s1. The van der Waals surface area contributed by atoms with E-state index < -0.39 is 0 Å². The second kappa shape index (κ2) is 3.75. The number of nitrogens with zero attached hydrogens (tertiary/aromatic N) is 1. The third-order valence-electron chi connectivity index (χ3n) is 9.45. The second-order valence-corrected chi connectivity index (χ2v) is 10.5. The van der Waals surface area contributed by atoms with Crippen molar-refractivity contribution in [2.45, 2.75) is 51.5 Å². The van der Waals surface area contributed by atoms with Gasteiger partial charge in [-0.1, -0.05) is 19.1 Å². The van der Waals surface area contributed by atoms with Gasteiger partial charge >= 0.3 is 0 Å². The number of Topliss-reactive ketones (excluding diaryl/α,β-unsaturated/α-hetero) is 2. The summed E-state index contributed by atoms with van der Waals surface area (Å²) in [4.78, 5) is 28.9. The largest absolute Gasteiger partial charge is 0.302 e. The van der Waals surface area contributed by atoms with Gasteiger partial charge in [0.1, 0.15) is 11.6 Å². The van der Waals surface area contributed by atoms with Gasteiger partial charge < -0.3 is 4.90 Å². The molecule has 7 fully saturated rings. The quantitative estimate of drug-likeness (QED) is 0.643. The molecule has 0 N–H and O–H groups in total. The smallest absolute Gasteiger partial charge is 0.137 e. The van der Waals surface area contributed by atoms with Crippen molar-refractivity contribution in [1.29, 1.82) is 0 Å². The molecule has 7 aliphatic rings. The van der Waals surface area contributed by atoms with Gasteiger partial charge in [0, 0.05) is 43.2 Å². The molecule has 0 radical (unpaired) electrons. The maximum absolute atomic E-state index is 13.5. The average Bonchev–Trinajstić information content (AvgIpc) is 2.55. The van der Waals surface area contributed by atoms with Crippen LogP contribution in [0.4, 0.5) is 0 Å². The van der Waals surface area contributed by atoms with Crippen molar-refractivity contribution in [2.24, 2.45) is 39.9 Å². The van der Waals surface area contributed by atoms with E-state index in [1.54, 1.807) is 0 Å². The first kappa shape index (κ1) is 14.2. The fourth-order valence-corrected chi connectivity index (χ4v) is 9.62. The molecule has 2 spiro atoms. The summed E-state index contributed by atoms with van der Waals surface area (Å²) in [5.74, 6) is 2.90. The summed E-state index contributed by atoms with van der Waals surface area (Å²) in [5.41, 5.74) is 1.36. The van der Waals surface area contributed by atoms with E-state index in [9.17, 15) is 9.59 Å². The van der Waals surface area contributed by atoms with Gasteiger partial charge in [-0.25, -0.2) is 0 Å². The number of piperidine rings is 1. The summed E-state index contributed by atoms with van der Waals surface area (Å²) < 4.78 is 0. The summed E-state index contributed by atoms with van der Waals surface area (Å²) in [5, 5.41) is 0. The van der Waals surface area contributed by atoms with E-state index in [1.165, 1.54) is 18.4 Å². The molecule has 24 heavy (non-hydrogen) atoms. The molecule has 6 bridgehead atoms. The first-order valence-corrected chi connectivity index (χ1v) is 9.74. The summed E-state index contributed by atoms with van der Waals surface area (Å²) in [6.07, 6.45) is 5.54. The van der Waals surface area contributed by atoms with E-state index in [1.807, 2.05) is 0 Å². The predicted molar refractivity (Wildman–Crippen MR) is 90.2 cm³/mol. The molecular weight excluding hydrogens is 298 g/mol. The Morgan fingerprint density at radius 1 is 1.12 bits per heavy atom. The Labute approximate surface area is 143 Å². The Morgan fingerprint density at radius 3 is 2.71 bits per heavy atom. The number of rotatable bonds is 0. The molecule has 0 aromatic rings. The summed E-state index contributed by atoms with van der Waals surface area (Å²) in [7, 11) is 2.27. The Hall–Kier alpha value is -0.960. The van der Waals surface area contributed by atoms with Gasteiger partial charge in [0.2, 0.25) is 0 Å². The molecule has 8 atom stereocenters.